The van der Waals surface area contributed by atoms with E-state index in [-0.39, 0.29) is 5.54 Å². The van der Waals surface area contributed by atoms with E-state index in [0.717, 1.165) is 24.8 Å². The fraction of sp³-hybridized carbons (Fsp3) is 0.727. The van der Waals surface area contributed by atoms with Gasteiger partial charge in [0.1, 0.15) is 5.75 Å². The number of nitrogens with zero attached hydrogens (tertiary/aromatic N) is 1. The van der Waals surface area contributed by atoms with Gasteiger partial charge < -0.3 is 15.3 Å². The van der Waals surface area contributed by atoms with Crippen molar-refractivity contribution in [2.24, 2.45) is 5.92 Å². The highest BCUT2D eigenvalue weighted by atomic mass is 16.3. The molecule has 1 saturated heterocycles. The fourth-order valence-electron chi connectivity index (χ4n) is 5.06. The molecule has 0 unspecified atom stereocenters. The minimum atomic E-state index is 0.0190. The molecule has 1 aromatic rings. The van der Waals surface area contributed by atoms with Gasteiger partial charge in [0.05, 0.1) is 0 Å². The number of piperidine rings is 1. The average molecular weight is 345 g/mol. The van der Waals surface area contributed by atoms with Crippen LogP contribution < -0.4 is 5.32 Å². The van der Waals surface area contributed by atoms with Crippen LogP contribution in [-0.4, -0.2) is 35.2 Å². The third-order valence-corrected chi connectivity index (χ3v) is 6.52. The zero-order valence-corrected chi connectivity index (χ0v) is 16.3. The van der Waals surface area contributed by atoms with Crippen molar-refractivity contribution in [1.29, 1.82) is 0 Å². The zero-order valence-electron chi connectivity index (χ0n) is 16.3. The van der Waals surface area contributed by atoms with Gasteiger partial charge in [-0.05, 0) is 75.2 Å². The maximum atomic E-state index is 9.96. The van der Waals surface area contributed by atoms with E-state index in [1.54, 1.807) is 6.07 Å². The van der Waals surface area contributed by atoms with Crippen LogP contribution in [0.15, 0.2) is 24.3 Å². The molecule has 2 fully saturated rings. The van der Waals surface area contributed by atoms with Crippen molar-refractivity contribution in [1.82, 2.24) is 10.2 Å². The van der Waals surface area contributed by atoms with Gasteiger partial charge >= 0.3 is 0 Å². The molecule has 1 saturated carbocycles. The van der Waals surface area contributed by atoms with Crippen LogP contribution in [0.1, 0.15) is 71.3 Å². The summed E-state index contributed by atoms with van der Waals surface area (Å²) >= 11 is 0. The Morgan fingerprint density at radius 1 is 1.16 bits per heavy atom. The van der Waals surface area contributed by atoms with Crippen LogP contribution in [0.3, 0.4) is 0 Å². The van der Waals surface area contributed by atoms with Crippen molar-refractivity contribution < 1.29 is 5.11 Å². The second-order valence-corrected chi connectivity index (χ2v) is 8.55. The lowest BCUT2D eigenvalue weighted by atomic mass is 9.73. The lowest BCUT2D eigenvalue weighted by Gasteiger charge is -2.47. The first-order valence-corrected chi connectivity index (χ1v) is 10.3. The Kier molecular flexibility index (Phi) is 6.06. The second kappa shape index (κ2) is 8.09. The van der Waals surface area contributed by atoms with Crippen LogP contribution in [0.2, 0.25) is 0 Å². The van der Waals surface area contributed by atoms with E-state index in [0.29, 0.717) is 11.8 Å². The molecule has 0 atom stereocenters. The van der Waals surface area contributed by atoms with Crippen LogP contribution in [0.25, 0.3) is 0 Å². The van der Waals surface area contributed by atoms with Crippen LogP contribution >= 0.6 is 0 Å². The summed E-state index contributed by atoms with van der Waals surface area (Å²) in [7, 11) is 0. The second-order valence-electron chi connectivity index (χ2n) is 8.55. The van der Waals surface area contributed by atoms with E-state index in [4.69, 9.17) is 0 Å². The molecule has 2 aliphatic rings. The lowest BCUT2D eigenvalue weighted by molar-refractivity contribution is 0.0742. The monoisotopic (exact) mass is 344 g/mol. The molecule has 1 heterocycles. The van der Waals surface area contributed by atoms with Crippen molar-refractivity contribution >= 4 is 0 Å². The standard InChI is InChI=1S/C22H36N2O/c1-4-18-10-14-24(15-11-18)20-8-12-22(13-9-20,23-17(2)3)19-6-5-7-21(25)16-19/h5-7,16-18,20,23,25H,4,8-15H2,1-3H3. The number of nitrogens with one attached hydrogen (secondary N) is 1. The van der Waals surface area contributed by atoms with Crippen molar-refractivity contribution in [3.05, 3.63) is 29.8 Å². The van der Waals surface area contributed by atoms with Crippen LogP contribution in [0.5, 0.6) is 5.75 Å². The summed E-state index contributed by atoms with van der Waals surface area (Å²) in [6.45, 7) is 9.38. The molecular formula is C22H36N2O. The average Bonchev–Trinajstić information content (AvgIpc) is 2.62. The number of hydrogen-bond acceptors (Lipinski definition) is 3. The lowest BCUT2D eigenvalue weighted by Crippen LogP contribution is -2.52. The minimum Gasteiger partial charge on any atom is -0.508 e. The van der Waals surface area contributed by atoms with Gasteiger partial charge in [-0.2, -0.15) is 0 Å². The third kappa shape index (κ3) is 4.38. The Morgan fingerprint density at radius 2 is 1.84 bits per heavy atom. The van der Waals surface area contributed by atoms with Gasteiger partial charge in [-0.15, -0.1) is 0 Å². The van der Waals surface area contributed by atoms with Gasteiger partial charge in [-0.25, -0.2) is 0 Å². The molecule has 0 radical (unpaired) electrons. The van der Waals surface area contributed by atoms with E-state index in [1.165, 1.54) is 50.8 Å². The summed E-state index contributed by atoms with van der Waals surface area (Å²) in [5.74, 6) is 1.33. The molecule has 140 valence electrons. The summed E-state index contributed by atoms with van der Waals surface area (Å²) in [5, 5.41) is 13.8. The number of rotatable bonds is 5. The van der Waals surface area contributed by atoms with E-state index in [1.807, 2.05) is 12.1 Å². The topological polar surface area (TPSA) is 35.5 Å². The van der Waals surface area contributed by atoms with Gasteiger partial charge in [0, 0.05) is 17.6 Å². The molecule has 3 heteroatoms. The van der Waals surface area contributed by atoms with Crippen molar-refractivity contribution in [2.45, 2.75) is 83.3 Å². The molecule has 2 N–H and O–H groups in total. The number of aromatic hydroxyl groups is 1. The van der Waals surface area contributed by atoms with E-state index < -0.39 is 0 Å². The molecule has 1 aliphatic carbocycles. The first-order chi connectivity index (χ1) is 12.0. The molecule has 3 nitrogen and oxygen atoms in total. The quantitative estimate of drug-likeness (QED) is 0.816. The number of hydrogen-bond donors (Lipinski definition) is 2. The molecular weight excluding hydrogens is 308 g/mol. The van der Waals surface area contributed by atoms with Gasteiger partial charge in [0.25, 0.3) is 0 Å². The predicted octanol–water partition coefficient (Wildman–Crippen LogP) is 4.65. The van der Waals surface area contributed by atoms with Gasteiger partial charge in [0.2, 0.25) is 0 Å². The van der Waals surface area contributed by atoms with Crippen LogP contribution in [-0.2, 0) is 5.54 Å². The Balaban J connectivity index is 1.68. The largest absolute Gasteiger partial charge is 0.508 e. The normalized spacial score (nSPS) is 29.2. The summed E-state index contributed by atoms with van der Waals surface area (Å²) in [4.78, 5) is 2.76. The molecule has 0 aromatic heterocycles. The maximum Gasteiger partial charge on any atom is 0.115 e. The van der Waals surface area contributed by atoms with E-state index >= 15 is 0 Å². The minimum absolute atomic E-state index is 0.0190. The molecule has 1 aliphatic heterocycles. The highest BCUT2D eigenvalue weighted by molar-refractivity contribution is 5.33. The molecule has 3 rings (SSSR count). The Labute approximate surface area is 153 Å². The molecule has 25 heavy (non-hydrogen) atoms. The fourth-order valence-corrected chi connectivity index (χ4v) is 5.06. The van der Waals surface area contributed by atoms with E-state index in [2.05, 4.69) is 37.1 Å². The van der Waals surface area contributed by atoms with Gasteiger partial charge in [-0.1, -0.05) is 39.3 Å². The molecule has 0 bridgehead atoms. The molecule has 0 amide bonds. The molecule has 0 spiro atoms. The van der Waals surface area contributed by atoms with Crippen LogP contribution in [0, 0.1) is 5.92 Å². The number of benzene rings is 1. The van der Waals surface area contributed by atoms with E-state index in [9.17, 15) is 5.11 Å². The first kappa shape index (κ1) is 18.7. The first-order valence-electron chi connectivity index (χ1n) is 10.3. The number of likely N-dealkylation sites (tertiary alicyclic amines) is 1. The summed E-state index contributed by atoms with van der Waals surface area (Å²) in [6, 6.07) is 9.09. The van der Waals surface area contributed by atoms with Gasteiger partial charge in [0.15, 0.2) is 0 Å². The SMILES string of the molecule is CCC1CCN(C2CCC(NC(C)C)(c3cccc(O)c3)CC2)CC1. The highest BCUT2D eigenvalue weighted by Crippen LogP contribution is 2.40. The molecule has 1 aromatic carbocycles. The number of phenolic OH excluding ortho intramolecular Hbond substituents is 1. The third-order valence-electron chi connectivity index (χ3n) is 6.52. The Morgan fingerprint density at radius 3 is 2.40 bits per heavy atom. The van der Waals surface area contributed by atoms with Gasteiger partial charge in [-0.3, -0.25) is 0 Å². The predicted molar refractivity (Wildman–Crippen MR) is 105 cm³/mol. The van der Waals surface area contributed by atoms with Crippen molar-refractivity contribution in [3.63, 3.8) is 0 Å². The smallest absolute Gasteiger partial charge is 0.115 e. The van der Waals surface area contributed by atoms with Crippen molar-refractivity contribution in [2.75, 3.05) is 13.1 Å². The van der Waals surface area contributed by atoms with Crippen molar-refractivity contribution in [3.8, 4) is 5.75 Å². The van der Waals surface area contributed by atoms with Crippen LogP contribution in [0.4, 0.5) is 0 Å². The summed E-state index contributed by atoms with van der Waals surface area (Å²) in [6.07, 6.45) is 8.94. The Bertz CT molecular complexity index is 541. The summed E-state index contributed by atoms with van der Waals surface area (Å²) in [5.41, 5.74) is 1.27. The maximum absolute atomic E-state index is 9.96. The Hall–Kier alpha value is -1.06. The number of phenols is 1. The zero-order chi connectivity index (χ0) is 17.9. The highest BCUT2D eigenvalue weighted by Gasteiger charge is 2.39. The summed E-state index contributed by atoms with van der Waals surface area (Å²) < 4.78 is 0.